The van der Waals surface area contributed by atoms with Crippen LogP contribution in [0.15, 0.2) is 0 Å². The lowest BCUT2D eigenvalue weighted by Gasteiger charge is -2.28. The normalized spacial score (nSPS) is 12.6. The van der Waals surface area contributed by atoms with Crippen molar-refractivity contribution in [2.45, 2.75) is 200 Å². The summed E-state index contributed by atoms with van der Waals surface area (Å²) < 4.78 is 0. The third kappa shape index (κ3) is 25.4. The van der Waals surface area contributed by atoms with Gasteiger partial charge in [-0.15, -0.1) is 0 Å². The molecule has 0 saturated carbocycles. The van der Waals surface area contributed by atoms with Gasteiger partial charge in [-0.2, -0.15) is 0 Å². The maximum atomic E-state index is 4.02. The zero-order chi connectivity index (χ0) is 25.7. The summed E-state index contributed by atoms with van der Waals surface area (Å²) in [6.45, 7) is 12.7. The maximum absolute atomic E-state index is 4.02. The average Bonchev–Trinajstić information content (AvgIpc) is 2.87. The van der Waals surface area contributed by atoms with Crippen molar-refractivity contribution >= 4 is 0 Å². The van der Waals surface area contributed by atoms with Crippen LogP contribution in [-0.2, 0) is 0 Å². The molecule has 0 aliphatic heterocycles. The van der Waals surface area contributed by atoms with Crippen LogP contribution in [0.25, 0.3) is 0 Å². The van der Waals surface area contributed by atoms with E-state index in [1.165, 1.54) is 173 Å². The van der Waals surface area contributed by atoms with E-state index in [-0.39, 0.29) is 0 Å². The summed E-state index contributed by atoms with van der Waals surface area (Å²) in [5.74, 6) is 2.02. The molecule has 35 heavy (non-hydrogen) atoms. The summed E-state index contributed by atoms with van der Waals surface area (Å²) in [6.07, 6.45) is 41.5. The molecule has 2 unspecified atom stereocenters. The van der Waals surface area contributed by atoms with E-state index in [1.807, 2.05) is 0 Å². The number of hydrogen-bond acceptors (Lipinski definition) is 0. The molecule has 0 aromatic carbocycles. The molecule has 0 rings (SSSR count). The molecule has 0 heteroatoms. The molecule has 0 aliphatic carbocycles. The van der Waals surface area contributed by atoms with Gasteiger partial charge in [0.05, 0.1) is 0 Å². The molecule has 2 radical (unpaired) electrons. The third-order valence-electron chi connectivity index (χ3n) is 8.42. The van der Waals surface area contributed by atoms with Gasteiger partial charge in [-0.05, 0) is 11.8 Å². The van der Waals surface area contributed by atoms with Crippen LogP contribution in [0.1, 0.15) is 200 Å². The molecule has 0 aromatic heterocycles. The second-order valence-electron chi connectivity index (χ2n) is 11.8. The molecule has 2 atom stereocenters. The van der Waals surface area contributed by atoms with Gasteiger partial charge in [-0.1, -0.05) is 214 Å². The Morgan fingerprint density at radius 2 is 0.543 bits per heavy atom. The molecular weight excluding hydrogens is 420 g/mol. The van der Waals surface area contributed by atoms with Crippen LogP contribution >= 0.6 is 0 Å². The maximum Gasteiger partial charge on any atom is -0.0386 e. The lowest BCUT2D eigenvalue weighted by Crippen LogP contribution is -2.16. The number of rotatable bonds is 30. The first-order valence-electron chi connectivity index (χ1n) is 16.9. The SMILES string of the molecule is [CH2]CCCCCCCCC(CCCCCCCC)C(CCCCCCC[CH2])CCCCCCCC. The smallest absolute Gasteiger partial charge is 0.0386 e. The van der Waals surface area contributed by atoms with Crippen molar-refractivity contribution in [3.63, 3.8) is 0 Å². The van der Waals surface area contributed by atoms with Gasteiger partial charge in [0.15, 0.2) is 0 Å². The van der Waals surface area contributed by atoms with Gasteiger partial charge < -0.3 is 0 Å². The summed E-state index contributed by atoms with van der Waals surface area (Å²) in [6, 6.07) is 0. The predicted octanol–water partition coefficient (Wildman–Crippen LogP) is 13.2. The highest BCUT2D eigenvalue weighted by molar-refractivity contribution is 4.72. The van der Waals surface area contributed by atoms with Gasteiger partial charge in [0.2, 0.25) is 0 Å². The monoisotopic (exact) mass is 491 g/mol. The van der Waals surface area contributed by atoms with Gasteiger partial charge in [-0.3, -0.25) is 0 Å². The first-order chi connectivity index (χ1) is 17.3. The third-order valence-corrected chi connectivity index (χ3v) is 8.42. The molecule has 0 bridgehead atoms. The van der Waals surface area contributed by atoms with Gasteiger partial charge in [-0.25, -0.2) is 0 Å². The van der Waals surface area contributed by atoms with Gasteiger partial charge >= 0.3 is 0 Å². The van der Waals surface area contributed by atoms with Crippen molar-refractivity contribution in [3.8, 4) is 0 Å². The minimum absolute atomic E-state index is 1.01. The summed E-state index contributed by atoms with van der Waals surface area (Å²) in [5.41, 5.74) is 0. The Kier molecular flexibility index (Phi) is 30.2. The highest BCUT2D eigenvalue weighted by atomic mass is 14.3. The average molecular weight is 491 g/mol. The molecule has 0 amide bonds. The second-order valence-corrected chi connectivity index (χ2v) is 11.8. The van der Waals surface area contributed by atoms with Gasteiger partial charge in [0, 0.05) is 0 Å². The fourth-order valence-corrected chi connectivity index (χ4v) is 6.01. The van der Waals surface area contributed by atoms with Crippen molar-refractivity contribution in [1.82, 2.24) is 0 Å². The van der Waals surface area contributed by atoms with Crippen LogP contribution in [0.3, 0.4) is 0 Å². The van der Waals surface area contributed by atoms with E-state index >= 15 is 0 Å². The molecular formula is C35H70. The number of hydrogen-bond donors (Lipinski definition) is 0. The quantitative estimate of drug-likeness (QED) is 0.0878. The zero-order valence-corrected chi connectivity index (χ0v) is 25.1. The van der Waals surface area contributed by atoms with Crippen molar-refractivity contribution in [1.29, 1.82) is 0 Å². The summed E-state index contributed by atoms with van der Waals surface area (Å²) in [5, 5.41) is 0. The molecule has 0 N–H and O–H groups in total. The van der Waals surface area contributed by atoms with Crippen LogP contribution in [-0.4, -0.2) is 0 Å². The Morgan fingerprint density at radius 1 is 0.314 bits per heavy atom. The highest BCUT2D eigenvalue weighted by Crippen LogP contribution is 2.33. The molecule has 0 saturated heterocycles. The van der Waals surface area contributed by atoms with Crippen LogP contribution in [0, 0.1) is 25.7 Å². The first kappa shape index (κ1) is 35.0. The molecule has 210 valence electrons. The lowest BCUT2D eigenvalue weighted by atomic mass is 9.78. The van der Waals surface area contributed by atoms with Crippen molar-refractivity contribution < 1.29 is 0 Å². The lowest BCUT2D eigenvalue weighted by molar-refractivity contribution is 0.236. The van der Waals surface area contributed by atoms with Crippen LogP contribution in [0.2, 0.25) is 0 Å². The van der Waals surface area contributed by atoms with Gasteiger partial charge in [0.1, 0.15) is 0 Å². The Hall–Kier alpha value is 0. The Morgan fingerprint density at radius 3 is 0.800 bits per heavy atom. The van der Waals surface area contributed by atoms with Crippen molar-refractivity contribution in [3.05, 3.63) is 13.8 Å². The number of unbranched alkanes of at least 4 members (excludes halogenated alkanes) is 21. The Labute approximate surface area is 225 Å². The molecule has 0 aromatic rings. The topological polar surface area (TPSA) is 0 Å². The Balaban J connectivity index is 4.67. The summed E-state index contributed by atoms with van der Waals surface area (Å²) in [4.78, 5) is 0. The first-order valence-corrected chi connectivity index (χ1v) is 16.9. The minimum atomic E-state index is 1.01. The van der Waals surface area contributed by atoms with Crippen molar-refractivity contribution in [2.24, 2.45) is 11.8 Å². The molecule has 0 spiro atoms. The molecule has 0 nitrogen and oxygen atoms in total. The van der Waals surface area contributed by atoms with Crippen LogP contribution in [0.4, 0.5) is 0 Å². The molecule has 0 aliphatic rings. The zero-order valence-electron chi connectivity index (χ0n) is 25.1. The van der Waals surface area contributed by atoms with E-state index in [0.717, 1.165) is 24.7 Å². The molecule has 0 heterocycles. The van der Waals surface area contributed by atoms with E-state index in [1.54, 1.807) is 0 Å². The molecule has 0 fully saturated rings. The fraction of sp³-hybridized carbons (Fsp3) is 0.943. The van der Waals surface area contributed by atoms with E-state index in [0.29, 0.717) is 0 Å². The van der Waals surface area contributed by atoms with Crippen LogP contribution < -0.4 is 0 Å². The minimum Gasteiger partial charge on any atom is -0.0654 e. The van der Waals surface area contributed by atoms with E-state index in [9.17, 15) is 0 Å². The fourth-order valence-electron chi connectivity index (χ4n) is 6.01. The van der Waals surface area contributed by atoms with E-state index < -0.39 is 0 Å². The summed E-state index contributed by atoms with van der Waals surface area (Å²) in [7, 11) is 0. The Bertz CT molecular complexity index is 343. The van der Waals surface area contributed by atoms with Crippen LogP contribution in [0.5, 0.6) is 0 Å². The van der Waals surface area contributed by atoms with E-state index in [2.05, 4.69) is 27.7 Å². The van der Waals surface area contributed by atoms with E-state index in [4.69, 9.17) is 0 Å². The highest BCUT2D eigenvalue weighted by Gasteiger charge is 2.20. The van der Waals surface area contributed by atoms with Gasteiger partial charge in [0.25, 0.3) is 0 Å². The van der Waals surface area contributed by atoms with Crippen molar-refractivity contribution in [2.75, 3.05) is 0 Å². The summed E-state index contributed by atoms with van der Waals surface area (Å²) >= 11 is 0. The predicted molar refractivity (Wildman–Crippen MR) is 163 cm³/mol. The standard InChI is InChI=1S/C35H70/c1-5-9-13-17-21-25-29-33-35(32-28-24-20-16-12-8-4)34(30-26-22-18-14-10-6-2)31-27-23-19-15-11-7-3/h34-35H,1-2,5-33H2,3-4H3. The second kappa shape index (κ2) is 30.2. The largest absolute Gasteiger partial charge is 0.0654 e.